The van der Waals surface area contributed by atoms with E-state index in [-0.39, 0.29) is 11.4 Å². The largest absolute Gasteiger partial charge is 0.493 e. The molecule has 4 aromatic carbocycles. The van der Waals surface area contributed by atoms with Gasteiger partial charge in [0, 0.05) is 17.5 Å². The molecule has 0 aliphatic carbocycles. The minimum Gasteiger partial charge on any atom is -0.493 e. The van der Waals surface area contributed by atoms with Crippen LogP contribution in [0, 0.1) is 5.82 Å². The van der Waals surface area contributed by atoms with Crippen molar-refractivity contribution in [1.82, 2.24) is 0 Å². The minimum atomic E-state index is -0.574. The van der Waals surface area contributed by atoms with Crippen molar-refractivity contribution in [3.05, 3.63) is 131 Å². The number of hydrogen-bond donors (Lipinski definition) is 0. The topological polar surface area (TPSA) is 39.4 Å². The lowest BCUT2D eigenvalue weighted by Crippen LogP contribution is -2.15. The molecule has 0 aliphatic rings. The second-order valence-electron chi connectivity index (χ2n) is 8.11. The van der Waals surface area contributed by atoms with Crippen molar-refractivity contribution < 1.29 is 13.5 Å². The molecular weight excluding hydrogens is 459 g/mol. The number of hydrogen-bond acceptors (Lipinski definition) is 3. The first-order valence-corrected chi connectivity index (χ1v) is 12.7. The van der Waals surface area contributed by atoms with Crippen LogP contribution >= 0.6 is 0 Å². The predicted octanol–water partition coefficient (Wildman–Crippen LogP) is 7.04. The Bertz CT molecular complexity index is 1430. The van der Waals surface area contributed by atoms with Gasteiger partial charge in [-0.3, -0.25) is 0 Å². The molecule has 0 unspecified atom stereocenters. The van der Waals surface area contributed by atoms with E-state index < -0.39 is 10.9 Å². The van der Waals surface area contributed by atoms with E-state index in [0.29, 0.717) is 22.8 Å². The van der Waals surface area contributed by atoms with Gasteiger partial charge in [-0.2, -0.15) is 0 Å². The van der Waals surface area contributed by atoms with Gasteiger partial charge in [0.1, 0.15) is 28.0 Å². The maximum Gasteiger partial charge on any atom is 0.393 e. The van der Waals surface area contributed by atoms with Crippen molar-refractivity contribution in [2.24, 2.45) is 0 Å². The molecule has 0 amide bonds. The van der Waals surface area contributed by atoms with Gasteiger partial charge < -0.3 is 9.15 Å². The van der Waals surface area contributed by atoms with Crippen molar-refractivity contribution in [2.45, 2.75) is 27.5 Å². The third kappa shape index (κ3) is 5.47. The number of rotatable bonds is 8. The fraction of sp³-hybridized carbons (Fsp3) is 0.100. The van der Waals surface area contributed by atoms with E-state index in [0.717, 1.165) is 33.6 Å². The summed E-state index contributed by atoms with van der Waals surface area (Å²) in [7, 11) is -0.574. The van der Waals surface area contributed by atoms with E-state index in [1.54, 1.807) is 18.2 Å². The van der Waals surface area contributed by atoms with Gasteiger partial charge >= 0.3 is 5.63 Å². The lowest BCUT2D eigenvalue weighted by atomic mass is 10.1. The number of fused-ring (bicyclic) bond motifs is 1. The molecule has 3 nitrogen and oxygen atoms in total. The third-order valence-electron chi connectivity index (χ3n) is 5.64. The Morgan fingerprint density at radius 2 is 1.43 bits per heavy atom. The van der Waals surface area contributed by atoms with E-state index in [4.69, 9.17) is 9.15 Å². The smallest absolute Gasteiger partial charge is 0.393 e. The first kappa shape index (κ1) is 22.9. The summed E-state index contributed by atoms with van der Waals surface area (Å²) in [5.74, 6) is 0.419. The van der Waals surface area contributed by atoms with Crippen molar-refractivity contribution in [3.63, 3.8) is 0 Å². The van der Waals surface area contributed by atoms with E-state index >= 15 is 0 Å². The second-order valence-corrected chi connectivity index (χ2v) is 10.1. The maximum atomic E-state index is 13.1. The molecule has 5 rings (SSSR count). The van der Waals surface area contributed by atoms with Crippen molar-refractivity contribution in [1.29, 1.82) is 0 Å². The van der Waals surface area contributed by atoms with E-state index in [9.17, 15) is 9.18 Å². The van der Waals surface area contributed by atoms with Crippen LogP contribution in [-0.2, 0) is 17.3 Å². The lowest BCUT2D eigenvalue weighted by Gasteiger charge is -2.09. The van der Waals surface area contributed by atoms with Crippen LogP contribution < -0.4 is 10.4 Å². The van der Waals surface area contributed by atoms with E-state index in [2.05, 4.69) is 0 Å². The summed E-state index contributed by atoms with van der Waals surface area (Å²) in [6.07, 6.45) is 1.59. The van der Waals surface area contributed by atoms with Crippen LogP contribution in [0.2, 0.25) is 0 Å². The number of ether oxygens (including phenoxy) is 1. The molecule has 0 saturated heterocycles. The summed E-state index contributed by atoms with van der Waals surface area (Å²) >= 11 is 0. The fourth-order valence-electron chi connectivity index (χ4n) is 3.93. The summed E-state index contributed by atoms with van der Waals surface area (Å²) in [4.78, 5) is 15.9. The molecule has 0 N–H and O–H groups in total. The monoisotopic (exact) mass is 483 g/mol. The van der Waals surface area contributed by atoms with Crippen LogP contribution in [0.25, 0.3) is 11.0 Å². The van der Waals surface area contributed by atoms with Crippen LogP contribution in [0.1, 0.15) is 12.0 Å². The molecule has 35 heavy (non-hydrogen) atoms. The summed E-state index contributed by atoms with van der Waals surface area (Å²) in [6, 6.07) is 34.1. The highest BCUT2D eigenvalue weighted by atomic mass is 32.2. The van der Waals surface area contributed by atoms with Gasteiger partial charge in [-0.15, -0.1) is 0 Å². The standard InChI is InChI=1S/C30H24FO3S/c31-24-16-13-22(14-17-24)8-7-19-33-25-18-15-23-20-29(30(32)34-28(23)21-25)35(26-9-3-1-4-10-26)27-11-5-2-6-12-27/h1-6,9-18,20-21H,7-8,19H2/q+1. The van der Waals surface area contributed by atoms with Crippen LogP contribution in [0.3, 0.4) is 0 Å². The molecule has 174 valence electrons. The van der Waals surface area contributed by atoms with Gasteiger partial charge in [-0.05, 0) is 66.9 Å². The van der Waals surface area contributed by atoms with Gasteiger partial charge in [0.2, 0.25) is 0 Å². The van der Waals surface area contributed by atoms with Crippen LogP contribution in [0.4, 0.5) is 4.39 Å². The zero-order valence-electron chi connectivity index (χ0n) is 19.0. The molecule has 0 bridgehead atoms. The number of halogens is 1. The molecule has 0 spiro atoms. The average molecular weight is 484 g/mol. The molecule has 0 radical (unpaired) electrons. The van der Waals surface area contributed by atoms with E-state index in [1.165, 1.54) is 12.1 Å². The first-order chi connectivity index (χ1) is 17.2. The Labute approximate surface area is 206 Å². The van der Waals surface area contributed by atoms with Crippen molar-refractivity contribution in [3.8, 4) is 5.75 Å². The van der Waals surface area contributed by atoms with Crippen molar-refractivity contribution in [2.75, 3.05) is 6.61 Å². The normalized spacial score (nSPS) is 11.1. The number of benzene rings is 4. The summed E-state index contributed by atoms with van der Waals surface area (Å²) < 4.78 is 24.7. The molecule has 0 saturated carbocycles. The SMILES string of the molecule is O=c1oc2cc(OCCCc3ccc(F)cc3)ccc2cc1[S+](c1ccccc1)c1ccccc1. The summed E-state index contributed by atoms with van der Waals surface area (Å²) in [6.45, 7) is 0.511. The van der Waals surface area contributed by atoms with Gasteiger partial charge in [-0.1, -0.05) is 48.5 Å². The van der Waals surface area contributed by atoms with Gasteiger partial charge in [0.15, 0.2) is 9.79 Å². The summed E-state index contributed by atoms with van der Waals surface area (Å²) in [5, 5.41) is 0.850. The highest BCUT2D eigenvalue weighted by molar-refractivity contribution is 7.97. The Balaban J connectivity index is 1.37. The fourth-order valence-corrected chi connectivity index (χ4v) is 6.02. The van der Waals surface area contributed by atoms with Gasteiger partial charge in [0.05, 0.1) is 6.61 Å². The predicted molar refractivity (Wildman–Crippen MR) is 138 cm³/mol. The molecule has 5 aromatic rings. The van der Waals surface area contributed by atoms with Gasteiger partial charge in [0.25, 0.3) is 4.90 Å². The Morgan fingerprint density at radius 3 is 2.09 bits per heavy atom. The van der Waals surface area contributed by atoms with Crippen LogP contribution in [0.15, 0.2) is 133 Å². The average Bonchev–Trinajstić information content (AvgIpc) is 2.89. The molecule has 0 fully saturated rings. The molecule has 0 atom stereocenters. The van der Waals surface area contributed by atoms with Crippen LogP contribution in [-0.4, -0.2) is 6.61 Å². The quantitative estimate of drug-likeness (QED) is 0.135. The molecular formula is C30H24FO3S+. The van der Waals surface area contributed by atoms with Gasteiger partial charge in [-0.25, -0.2) is 9.18 Å². The Hall–Kier alpha value is -3.83. The highest BCUT2D eigenvalue weighted by Gasteiger charge is 2.32. The minimum absolute atomic E-state index is 0.231. The second kappa shape index (κ2) is 10.6. The molecule has 1 heterocycles. The number of aryl methyl sites for hydroxylation is 1. The summed E-state index contributed by atoms with van der Waals surface area (Å²) in [5.41, 5.74) is 1.22. The molecule has 5 heteroatoms. The molecule has 1 aromatic heterocycles. The Kier molecular flexibility index (Phi) is 6.96. The van der Waals surface area contributed by atoms with Crippen LogP contribution in [0.5, 0.6) is 5.75 Å². The third-order valence-corrected chi connectivity index (χ3v) is 7.86. The first-order valence-electron chi connectivity index (χ1n) is 11.5. The Morgan fingerprint density at radius 1 is 0.771 bits per heavy atom. The molecule has 0 aliphatic heterocycles. The van der Waals surface area contributed by atoms with E-state index in [1.807, 2.05) is 78.9 Å². The zero-order valence-corrected chi connectivity index (χ0v) is 19.8. The maximum absolute atomic E-state index is 13.1. The van der Waals surface area contributed by atoms with Crippen molar-refractivity contribution >= 4 is 21.9 Å². The highest BCUT2D eigenvalue weighted by Crippen LogP contribution is 2.31. The zero-order chi connectivity index (χ0) is 24.0. The lowest BCUT2D eigenvalue weighted by molar-refractivity contribution is 0.311.